The van der Waals surface area contributed by atoms with Crippen LogP contribution in [-0.2, 0) is 0 Å². The van der Waals surface area contributed by atoms with Gasteiger partial charge in [0.2, 0.25) is 0 Å². The van der Waals surface area contributed by atoms with E-state index in [0.717, 1.165) is 0 Å². The molecule has 0 rings (SSSR count). The van der Waals surface area contributed by atoms with E-state index in [9.17, 15) is 0 Å². The smallest absolute Gasteiger partial charge is 0.0448 e. The maximum absolute atomic E-state index is 8.78. The van der Waals surface area contributed by atoms with Gasteiger partial charge in [-0.25, -0.2) is 0 Å². The van der Waals surface area contributed by atoms with Crippen molar-refractivity contribution in [3.05, 3.63) is 0 Å². The average Bonchev–Trinajstić information content (AvgIpc) is 2.06. The van der Waals surface area contributed by atoms with Gasteiger partial charge < -0.3 is 20.6 Å². The van der Waals surface area contributed by atoms with Crippen molar-refractivity contribution >= 4 is 0 Å². The number of aliphatic hydroxyl groups excluding tert-OH is 3. The van der Waals surface area contributed by atoms with Crippen molar-refractivity contribution in [1.29, 1.82) is 0 Å². The Morgan fingerprint density at radius 1 is 0.917 bits per heavy atom. The summed E-state index contributed by atoms with van der Waals surface area (Å²) >= 11 is 0. The zero-order valence-corrected chi connectivity index (χ0v) is 7.58. The molecule has 0 aliphatic carbocycles. The second kappa shape index (κ2) is 6.37. The fraction of sp³-hybridized carbons (Fsp3) is 1.00. The van der Waals surface area contributed by atoms with Crippen molar-refractivity contribution in [3.63, 3.8) is 0 Å². The van der Waals surface area contributed by atoms with Crippen LogP contribution >= 0.6 is 0 Å². The molecule has 4 N–H and O–H groups in total. The third-order valence-electron chi connectivity index (χ3n) is 2.30. The molecule has 0 saturated carbocycles. The average molecular weight is 177 g/mol. The summed E-state index contributed by atoms with van der Waals surface area (Å²) in [6.45, 7) is 0.211. The van der Waals surface area contributed by atoms with Crippen molar-refractivity contribution < 1.29 is 15.3 Å². The van der Waals surface area contributed by atoms with E-state index in [1.165, 1.54) is 0 Å². The first-order valence-electron chi connectivity index (χ1n) is 4.26. The van der Waals surface area contributed by atoms with Crippen molar-refractivity contribution in [1.82, 2.24) is 5.32 Å². The van der Waals surface area contributed by atoms with Gasteiger partial charge in [-0.1, -0.05) is 0 Å². The maximum Gasteiger partial charge on any atom is 0.0448 e. The van der Waals surface area contributed by atoms with Crippen molar-refractivity contribution in [2.75, 3.05) is 26.9 Å². The number of aliphatic hydroxyl groups is 3. The zero-order chi connectivity index (χ0) is 9.45. The molecule has 0 unspecified atom stereocenters. The van der Waals surface area contributed by atoms with Gasteiger partial charge in [-0.05, 0) is 26.3 Å². The van der Waals surface area contributed by atoms with E-state index in [2.05, 4.69) is 5.32 Å². The van der Waals surface area contributed by atoms with Crippen LogP contribution in [0, 0.1) is 0 Å². The minimum atomic E-state index is -0.307. The van der Waals surface area contributed by atoms with Crippen LogP contribution in [0.5, 0.6) is 0 Å². The first-order chi connectivity index (χ1) is 5.74. The van der Waals surface area contributed by atoms with E-state index in [-0.39, 0.29) is 25.4 Å². The minimum absolute atomic E-state index is 0.0703. The second-order valence-electron chi connectivity index (χ2n) is 2.95. The highest BCUT2D eigenvalue weighted by atomic mass is 16.3. The van der Waals surface area contributed by atoms with Gasteiger partial charge in [-0.2, -0.15) is 0 Å². The molecule has 4 heteroatoms. The van der Waals surface area contributed by atoms with E-state index in [4.69, 9.17) is 15.3 Å². The van der Waals surface area contributed by atoms with Crippen molar-refractivity contribution in [3.8, 4) is 0 Å². The highest BCUT2D eigenvalue weighted by Gasteiger charge is 2.25. The van der Waals surface area contributed by atoms with E-state index < -0.39 is 0 Å². The Morgan fingerprint density at radius 3 is 1.42 bits per heavy atom. The van der Waals surface area contributed by atoms with Gasteiger partial charge in [0, 0.05) is 25.4 Å². The molecule has 0 aromatic heterocycles. The molecule has 0 aromatic rings. The van der Waals surface area contributed by atoms with E-state index in [0.29, 0.717) is 19.3 Å². The highest BCUT2D eigenvalue weighted by Crippen LogP contribution is 2.18. The molecule has 0 aliphatic rings. The lowest BCUT2D eigenvalue weighted by molar-refractivity contribution is 0.138. The molecule has 74 valence electrons. The van der Waals surface area contributed by atoms with Crippen LogP contribution in [0.1, 0.15) is 19.3 Å². The molecule has 0 radical (unpaired) electrons. The first kappa shape index (κ1) is 11.8. The molecular weight excluding hydrogens is 158 g/mol. The molecule has 0 saturated heterocycles. The molecule has 12 heavy (non-hydrogen) atoms. The van der Waals surface area contributed by atoms with Gasteiger partial charge >= 0.3 is 0 Å². The SMILES string of the molecule is CNC(CCO)(CCO)CCO. The van der Waals surface area contributed by atoms with Gasteiger partial charge in [0.15, 0.2) is 0 Å². The van der Waals surface area contributed by atoms with Gasteiger partial charge in [-0.15, -0.1) is 0 Å². The first-order valence-corrected chi connectivity index (χ1v) is 4.26. The summed E-state index contributed by atoms with van der Waals surface area (Å²) in [5, 5.41) is 29.4. The Labute approximate surface area is 73.2 Å². The fourth-order valence-corrected chi connectivity index (χ4v) is 1.39. The number of nitrogens with one attached hydrogen (secondary N) is 1. The Hall–Kier alpha value is -0.160. The Kier molecular flexibility index (Phi) is 6.28. The van der Waals surface area contributed by atoms with Gasteiger partial charge in [0.25, 0.3) is 0 Å². The van der Waals surface area contributed by atoms with Crippen LogP contribution in [0.15, 0.2) is 0 Å². The second-order valence-corrected chi connectivity index (χ2v) is 2.95. The van der Waals surface area contributed by atoms with Crippen LogP contribution in [0.4, 0.5) is 0 Å². The van der Waals surface area contributed by atoms with E-state index in [1.807, 2.05) is 0 Å². The number of hydrogen-bond donors (Lipinski definition) is 4. The van der Waals surface area contributed by atoms with E-state index in [1.54, 1.807) is 7.05 Å². The predicted octanol–water partition coefficient (Wildman–Crippen LogP) is -0.908. The third kappa shape index (κ3) is 3.49. The van der Waals surface area contributed by atoms with Crippen LogP contribution in [-0.4, -0.2) is 47.7 Å². The van der Waals surface area contributed by atoms with Crippen LogP contribution in [0.25, 0.3) is 0 Å². The molecule has 4 nitrogen and oxygen atoms in total. The number of rotatable bonds is 7. The molecule has 0 atom stereocenters. The topological polar surface area (TPSA) is 72.7 Å². The summed E-state index contributed by atoms with van der Waals surface area (Å²) in [5.74, 6) is 0. The summed E-state index contributed by atoms with van der Waals surface area (Å²) in [6, 6.07) is 0. The molecule has 0 fully saturated rings. The summed E-state index contributed by atoms with van der Waals surface area (Å²) in [4.78, 5) is 0. The molecular formula is C8H19NO3. The zero-order valence-electron chi connectivity index (χ0n) is 7.58. The lowest BCUT2D eigenvalue weighted by Gasteiger charge is -2.32. The predicted molar refractivity (Wildman–Crippen MR) is 46.9 cm³/mol. The molecule has 0 aliphatic heterocycles. The summed E-state index contributed by atoms with van der Waals surface area (Å²) in [6.07, 6.45) is 1.68. The summed E-state index contributed by atoms with van der Waals surface area (Å²) < 4.78 is 0. The summed E-state index contributed by atoms with van der Waals surface area (Å²) in [5.41, 5.74) is -0.307. The molecule has 0 aromatic carbocycles. The van der Waals surface area contributed by atoms with Crippen molar-refractivity contribution in [2.45, 2.75) is 24.8 Å². The van der Waals surface area contributed by atoms with Crippen LogP contribution < -0.4 is 5.32 Å². The van der Waals surface area contributed by atoms with Crippen molar-refractivity contribution in [2.24, 2.45) is 0 Å². The van der Waals surface area contributed by atoms with Crippen LogP contribution in [0.3, 0.4) is 0 Å². The van der Waals surface area contributed by atoms with E-state index >= 15 is 0 Å². The van der Waals surface area contributed by atoms with Gasteiger partial charge in [0.05, 0.1) is 0 Å². The van der Waals surface area contributed by atoms with Gasteiger partial charge in [0.1, 0.15) is 0 Å². The molecule has 0 spiro atoms. The molecule has 0 bridgehead atoms. The Balaban J connectivity index is 4.06. The van der Waals surface area contributed by atoms with Crippen LogP contribution in [0.2, 0.25) is 0 Å². The minimum Gasteiger partial charge on any atom is -0.396 e. The maximum atomic E-state index is 8.78. The standard InChI is InChI=1S/C8H19NO3/c1-9-8(2-5-10,3-6-11)4-7-12/h9-12H,2-7H2,1H3. The Morgan fingerprint density at radius 2 is 1.25 bits per heavy atom. The third-order valence-corrected chi connectivity index (χ3v) is 2.30. The lowest BCUT2D eigenvalue weighted by Crippen LogP contribution is -2.45. The highest BCUT2D eigenvalue weighted by molar-refractivity contribution is 4.85. The fourth-order valence-electron chi connectivity index (χ4n) is 1.39. The lowest BCUT2D eigenvalue weighted by atomic mass is 9.88. The normalized spacial score (nSPS) is 12.0. The van der Waals surface area contributed by atoms with Gasteiger partial charge in [-0.3, -0.25) is 0 Å². The monoisotopic (exact) mass is 177 g/mol. The largest absolute Gasteiger partial charge is 0.396 e. The quantitative estimate of drug-likeness (QED) is 0.406. The summed E-state index contributed by atoms with van der Waals surface area (Å²) in [7, 11) is 1.78. The Bertz CT molecular complexity index is 91.5. The number of hydrogen-bond acceptors (Lipinski definition) is 4. The molecule has 0 amide bonds. The molecule has 0 heterocycles.